The minimum atomic E-state index is -1.29. The van der Waals surface area contributed by atoms with E-state index in [1.807, 2.05) is 0 Å². The van der Waals surface area contributed by atoms with Gasteiger partial charge in [-0.2, -0.15) is 0 Å². The number of halogens is 3. The fourth-order valence-electron chi connectivity index (χ4n) is 0.821. The third kappa shape index (κ3) is 2.18. The molecule has 0 unspecified atom stereocenters. The first-order chi connectivity index (χ1) is 6.15. The van der Waals surface area contributed by atoms with E-state index in [2.05, 4.69) is 0 Å². The third-order valence-corrected chi connectivity index (χ3v) is 1.35. The van der Waals surface area contributed by atoms with Gasteiger partial charge in [0.2, 0.25) is 6.29 Å². The van der Waals surface area contributed by atoms with Crippen LogP contribution in [0.4, 0.5) is 13.2 Å². The second-order valence-electron chi connectivity index (χ2n) is 2.24. The first-order valence-electron chi connectivity index (χ1n) is 3.34. The fraction of sp³-hybridized carbons (Fsp3) is 0. The van der Waals surface area contributed by atoms with Gasteiger partial charge in [0.1, 0.15) is 5.82 Å². The zero-order valence-corrected chi connectivity index (χ0v) is 6.35. The molecule has 0 aliphatic carbocycles. The normalized spacial score (nSPS) is 10.7. The highest BCUT2D eigenvalue weighted by molar-refractivity contribution is 5.74. The molecule has 1 radical (unpaired) electrons. The molecule has 0 saturated carbocycles. The van der Waals surface area contributed by atoms with Crippen LogP contribution in [0, 0.1) is 17.5 Å². The van der Waals surface area contributed by atoms with Crippen molar-refractivity contribution in [1.29, 1.82) is 0 Å². The second kappa shape index (κ2) is 3.89. The molecule has 0 fully saturated rings. The molecular formula is C9H4F3O. The summed E-state index contributed by atoms with van der Waals surface area (Å²) >= 11 is 0. The lowest BCUT2D eigenvalue weighted by Crippen LogP contribution is -1.90. The molecule has 13 heavy (non-hydrogen) atoms. The Kier molecular flexibility index (Phi) is 2.84. The topological polar surface area (TPSA) is 17.1 Å². The molecule has 1 aromatic carbocycles. The van der Waals surface area contributed by atoms with Crippen LogP contribution >= 0.6 is 0 Å². The Bertz CT molecular complexity index is 358. The highest BCUT2D eigenvalue weighted by Crippen LogP contribution is 2.15. The Morgan fingerprint density at radius 1 is 1.23 bits per heavy atom. The van der Waals surface area contributed by atoms with Gasteiger partial charge < -0.3 is 0 Å². The maximum atomic E-state index is 12.8. The molecule has 0 aliphatic heterocycles. The van der Waals surface area contributed by atoms with E-state index >= 15 is 0 Å². The molecule has 0 spiro atoms. The number of carbonyl (C=O) groups excluding carboxylic acids is 1. The maximum absolute atomic E-state index is 12.8. The lowest BCUT2D eigenvalue weighted by Gasteiger charge is -1.97. The van der Waals surface area contributed by atoms with Crippen molar-refractivity contribution in [3.05, 3.63) is 41.2 Å². The van der Waals surface area contributed by atoms with E-state index in [0.29, 0.717) is 6.07 Å². The van der Waals surface area contributed by atoms with Crippen LogP contribution in [0.3, 0.4) is 0 Å². The van der Waals surface area contributed by atoms with Gasteiger partial charge in [-0.3, -0.25) is 4.79 Å². The Balaban J connectivity index is 3.19. The minimum Gasteiger partial charge on any atom is -0.286 e. The van der Waals surface area contributed by atoms with Crippen LogP contribution in [0.1, 0.15) is 5.56 Å². The monoisotopic (exact) mass is 185 g/mol. The number of hydrogen-bond donors (Lipinski definition) is 0. The number of allylic oxidation sites excluding steroid dienone is 1. The molecule has 0 aromatic heterocycles. The van der Waals surface area contributed by atoms with Crippen molar-refractivity contribution in [3.63, 3.8) is 0 Å². The van der Waals surface area contributed by atoms with Gasteiger partial charge in [-0.05, 0) is 18.2 Å². The third-order valence-electron chi connectivity index (χ3n) is 1.35. The Morgan fingerprint density at radius 2 is 1.92 bits per heavy atom. The van der Waals surface area contributed by atoms with Crippen molar-refractivity contribution >= 4 is 12.4 Å². The molecule has 0 saturated heterocycles. The predicted octanol–water partition coefficient (Wildman–Crippen LogP) is 2.23. The summed E-state index contributed by atoms with van der Waals surface area (Å²) in [6.07, 6.45) is 3.11. The molecule has 0 aliphatic rings. The molecular weight excluding hydrogens is 181 g/mol. The van der Waals surface area contributed by atoms with Crippen molar-refractivity contribution in [3.8, 4) is 0 Å². The van der Waals surface area contributed by atoms with Crippen LogP contribution in [0.25, 0.3) is 6.08 Å². The summed E-state index contributed by atoms with van der Waals surface area (Å²) in [5.74, 6) is -3.37. The Morgan fingerprint density at radius 3 is 2.54 bits per heavy atom. The van der Waals surface area contributed by atoms with E-state index in [4.69, 9.17) is 0 Å². The quantitative estimate of drug-likeness (QED) is 0.510. The molecule has 67 valence electrons. The van der Waals surface area contributed by atoms with Crippen molar-refractivity contribution in [1.82, 2.24) is 0 Å². The maximum Gasteiger partial charge on any atom is 0.225 e. The highest BCUT2D eigenvalue weighted by Gasteiger charge is 2.07. The van der Waals surface area contributed by atoms with E-state index in [9.17, 15) is 18.0 Å². The molecule has 4 heteroatoms. The SMILES string of the molecule is O=[C]/C=C/c1cc(F)cc(F)c1F. The predicted molar refractivity (Wildman–Crippen MR) is 41.0 cm³/mol. The molecule has 0 bridgehead atoms. The Hall–Kier alpha value is -1.58. The summed E-state index contributed by atoms with van der Waals surface area (Å²) < 4.78 is 37.8. The first kappa shape index (κ1) is 9.51. The molecule has 1 aromatic rings. The zero-order chi connectivity index (χ0) is 9.84. The summed E-state index contributed by atoms with van der Waals surface area (Å²) in [6.45, 7) is 0. The van der Waals surface area contributed by atoms with Gasteiger partial charge in [0, 0.05) is 11.6 Å². The lowest BCUT2D eigenvalue weighted by molar-refractivity contribution is 0.493. The summed E-state index contributed by atoms with van der Waals surface area (Å²) in [5.41, 5.74) is -0.319. The minimum absolute atomic E-state index is 0.319. The van der Waals surface area contributed by atoms with Crippen molar-refractivity contribution in [2.45, 2.75) is 0 Å². The summed E-state index contributed by atoms with van der Waals surface area (Å²) in [6, 6.07) is 1.21. The van der Waals surface area contributed by atoms with E-state index in [1.54, 1.807) is 0 Å². The van der Waals surface area contributed by atoms with E-state index < -0.39 is 17.5 Å². The summed E-state index contributed by atoms with van der Waals surface area (Å²) in [4.78, 5) is 9.74. The number of hydrogen-bond acceptors (Lipinski definition) is 1. The number of benzene rings is 1. The fourth-order valence-corrected chi connectivity index (χ4v) is 0.821. The van der Waals surface area contributed by atoms with E-state index in [0.717, 1.165) is 18.2 Å². The average Bonchev–Trinajstić information content (AvgIpc) is 2.09. The molecule has 0 N–H and O–H groups in total. The van der Waals surface area contributed by atoms with Crippen LogP contribution in [0.15, 0.2) is 18.2 Å². The molecule has 0 atom stereocenters. The molecule has 1 rings (SSSR count). The van der Waals surface area contributed by atoms with Gasteiger partial charge in [-0.25, -0.2) is 13.2 Å². The van der Waals surface area contributed by atoms with Crippen molar-refractivity contribution in [2.75, 3.05) is 0 Å². The Labute approximate surface area is 72.5 Å². The first-order valence-corrected chi connectivity index (χ1v) is 3.34. The smallest absolute Gasteiger partial charge is 0.225 e. The van der Waals surface area contributed by atoms with Gasteiger partial charge in [0.25, 0.3) is 0 Å². The highest BCUT2D eigenvalue weighted by atomic mass is 19.2. The van der Waals surface area contributed by atoms with E-state index in [-0.39, 0.29) is 5.56 Å². The van der Waals surface area contributed by atoms with Gasteiger partial charge in [0.05, 0.1) is 0 Å². The van der Waals surface area contributed by atoms with Gasteiger partial charge in [0.15, 0.2) is 11.6 Å². The summed E-state index contributed by atoms with van der Waals surface area (Å²) in [5, 5.41) is 0. The zero-order valence-electron chi connectivity index (χ0n) is 6.35. The second-order valence-corrected chi connectivity index (χ2v) is 2.24. The van der Waals surface area contributed by atoms with Crippen LogP contribution in [-0.4, -0.2) is 6.29 Å². The average molecular weight is 185 g/mol. The standard InChI is InChI=1S/C9H4F3O/c10-7-4-6(2-1-3-13)9(12)8(11)5-7/h1-2,4-5H/b2-1+. The van der Waals surface area contributed by atoms with Crippen LogP contribution in [-0.2, 0) is 4.79 Å². The molecule has 0 heterocycles. The summed E-state index contributed by atoms with van der Waals surface area (Å²) in [7, 11) is 0. The van der Waals surface area contributed by atoms with Crippen molar-refractivity contribution in [2.24, 2.45) is 0 Å². The number of rotatable bonds is 2. The van der Waals surface area contributed by atoms with Gasteiger partial charge in [-0.15, -0.1) is 0 Å². The molecule has 1 nitrogen and oxygen atoms in total. The van der Waals surface area contributed by atoms with Gasteiger partial charge >= 0.3 is 0 Å². The van der Waals surface area contributed by atoms with Crippen LogP contribution in [0.2, 0.25) is 0 Å². The largest absolute Gasteiger partial charge is 0.286 e. The van der Waals surface area contributed by atoms with Crippen LogP contribution < -0.4 is 0 Å². The van der Waals surface area contributed by atoms with Crippen LogP contribution in [0.5, 0.6) is 0 Å². The van der Waals surface area contributed by atoms with E-state index in [1.165, 1.54) is 6.29 Å². The molecule has 0 amide bonds. The van der Waals surface area contributed by atoms with Crippen molar-refractivity contribution < 1.29 is 18.0 Å². The lowest BCUT2D eigenvalue weighted by atomic mass is 10.2. The van der Waals surface area contributed by atoms with Gasteiger partial charge in [-0.1, -0.05) is 0 Å².